The summed E-state index contributed by atoms with van der Waals surface area (Å²) in [6.07, 6.45) is 6.69. The van der Waals surface area contributed by atoms with Gasteiger partial charge in [0.15, 0.2) is 11.5 Å². The maximum Gasteiger partial charge on any atom is 0.320 e. The highest BCUT2D eigenvalue weighted by Crippen LogP contribution is 2.39. The summed E-state index contributed by atoms with van der Waals surface area (Å²) >= 11 is 0. The third-order valence-electron chi connectivity index (χ3n) is 7.87. The fourth-order valence-electron chi connectivity index (χ4n) is 6.09. The van der Waals surface area contributed by atoms with Crippen molar-refractivity contribution >= 4 is 45.5 Å². The summed E-state index contributed by atoms with van der Waals surface area (Å²) in [4.78, 5) is 42.8. The lowest BCUT2D eigenvalue weighted by atomic mass is 9.92. The molecule has 1 aromatic carbocycles. The molecule has 0 spiro atoms. The molecule has 0 unspecified atom stereocenters. The molecule has 0 bridgehead atoms. The SMILES string of the molecule is O=C1CC(c2cn3c4c(cc(F)cc24)CN(C(=O)N2CCCCC2)CC3)=C(c2nnc3ccccn23)C(=O)N1. The van der Waals surface area contributed by atoms with Crippen molar-refractivity contribution in [1.29, 1.82) is 0 Å². The second kappa shape index (κ2) is 9.04. The quantitative estimate of drug-likeness (QED) is 0.403. The van der Waals surface area contributed by atoms with Gasteiger partial charge in [-0.3, -0.25) is 19.3 Å². The number of fused-ring (bicyclic) bond motifs is 1. The van der Waals surface area contributed by atoms with Crippen LogP contribution in [0.3, 0.4) is 0 Å². The Morgan fingerprint density at radius 1 is 0.974 bits per heavy atom. The van der Waals surface area contributed by atoms with Crippen LogP contribution in [0, 0.1) is 5.82 Å². The zero-order valence-electron chi connectivity index (χ0n) is 21.2. The van der Waals surface area contributed by atoms with Gasteiger partial charge in [-0.1, -0.05) is 6.07 Å². The molecule has 1 saturated heterocycles. The van der Waals surface area contributed by atoms with E-state index in [1.165, 1.54) is 12.1 Å². The second-order valence-electron chi connectivity index (χ2n) is 10.3. The van der Waals surface area contributed by atoms with Crippen molar-refractivity contribution in [3.8, 4) is 0 Å². The van der Waals surface area contributed by atoms with Gasteiger partial charge >= 0.3 is 6.03 Å². The number of amides is 4. The number of hydrogen-bond donors (Lipinski definition) is 1. The Morgan fingerprint density at radius 3 is 2.67 bits per heavy atom. The molecule has 3 aromatic heterocycles. The largest absolute Gasteiger partial charge is 0.345 e. The Bertz CT molecular complexity index is 1710. The van der Waals surface area contributed by atoms with Crippen LogP contribution in [0.1, 0.15) is 42.6 Å². The molecule has 3 aliphatic heterocycles. The molecule has 11 heteroatoms. The molecule has 1 N–H and O–H groups in total. The number of carbonyl (C=O) groups is 3. The van der Waals surface area contributed by atoms with Crippen LogP contribution >= 0.6 is 0 Å². The third kappa shape index (κ3) is 3.87. The maximum absolute atomic E-state index is 15.1. The van der Waals surface area contributed by atoms with Crippen LogP contribution in [-0.2, 0) is 22.7 Å². The van der Waals surface area contributed by atoms with Gasteiger partial charge in [0, 0.05) is 56.1 Å². The highest BCUT2D eigenvalue weighted by molar-refractivity contribution is 6.34. The molecule has 7 rings (SSSR count). The zero-order valence-corrected chi connectivity index (χ0v) is 21.2. The van der Waals surface area contributed by atoms with E-state index in [-0.39, 0.29) is 24.6 Å². The van der Waals surface area contributed by atoms with Crippen LogP contribution in [0.4, 0.5) is 9.18 Å². The number of carbonyl (C=O) groups excluding carboxylic acids is 3. The van der Waals surface area contributed by atoms with Crippen LogP contribution in [0.5, 0.6) is 0 Å². The summed E-state index contributed by atoms with van der Waals surface area (Å²) in [5.74, 6) is -1.13. The Hall–Kier alpha value is -4.54. The van der Waals surface area contributed by atoms with Gasteiger partial charge in [-0.05, 0) is 54.7 Å². The van der Waals surface area contributed by atoms with E-state index < -0.39 is 17.6 Å². The minimum atomic E-state index is -0.567. The molecule has 6 heterocycles. The van der Waals surface area contributed by atoms with Crippen molar-refractivity contribution in [3.63, 3.8) is 0 Å². The summed E-state index contributed by atoms with van der Waals surface area (Å²) in [6.45, 7) is 2.75. The number of piperidine rings is 1. The van der Waals surface area contributed by atoms with Gasteiger partial charge in [0.05, 0.1) is 17.5 Å². The van der Waals surface area contributed by atoms with Crippen LogP contribution in [-0.4, -0.2) is 66.4 Å². The third-order valence-corrected chi connectivity index (χ3v) is 7.87. The zero-order chi connectivity index (χ0) is 26.7. The number of pyridine rings is 1. The first kappa shape index (κ1) is 23.6. The van der Waals surface area contributed by atoms with E-state index in [1.54, 1.807) is 21.6 Å². The lowest BCUT2D eigenvalue weighted by Crippen LogP contribution is -2.45. The van der Waals surface area contributed by atoms with Crippen molar-refractivity contribution in [1.82, 2.24) is 34.3 Å². The van der Waals surface area contributed by atoms with Crippen LogP contribution in [0.15, 0.2) is 42.7 Å². The number of benzene rings is 1. The van der Waals surface area contributed by atoms with Crippen molar-refractivity contribution in [3.05, 3.63) is 65.5 Å². The number of aromatic nitrogens is 4. The summed E-state index contributed by atoms with van der Waals surface area (Å²) in [5, 5.41) is 11.4. The number of halogens is 1. The molecule has 0 aliphatic carbocycles. The minimum absolute atomic E-state index is 0.0173. The lowest BCUT2D eigenvalue weighted by Gasteiger charge is -2.32. The summed E-state index contributed by atoms with van der Waals surface area (Å²) in [6, 6.07) is 8.31. The Kier molecular flexibility index (Phi) is 5.46. The van der Waals surface area contributed by atoms with E-state index in [2.05, 4.69) is 15.5 Å². The van der Waals surface area contributed by atoms with Crippen molar-refractivity contribution in [2.24, 2.45) is 0 Å². The highest BCUT2D eigenvalue weighted by atomic mass is 19.1. The minimum Gasteiger partial charge on any atom is -0.345 e. The molecule has 4 aromatic rings. The molecule has 4 amide bonds. The predicted molar refractivity (Wildman–Crippen MR) is 141 cm³/mol. The van der Waals surface area contributed by atoms with Gasteiger partial charge in [0.25, 0.3) is 5.91 Å². The number of nitrogens with zero attached hydrogens (tertiary/aromatic N) is 6. The Morgan fingerprint density at radius 2 is 1.82 bits per heavy atom. The van der Waals surface area contributed by atoms with Crippen LogP contribution in [0.2, 0.25) is 0 Å². The monoisotopic (exact) mass is 527 g/mol. The first-order chi connectivity index (χ1) is 19.0. The lowest BCUT2D eigenvalue weighted by molar-refractivity contribution is -0.127. The average molecular weight is 528 g/mol. The van der Waals surface area contributed by atoms with Gasteiger partial charge in [0.1, 0.15) is 5.82 Å². The summed E-state index contributed by atoms with van der Waals surface area (Å²) in [7, 11) is 0. The molecule has 0 saturated carbocycles. The number of nitrogens with one attached hydrogen (secondary N) is 1. The van der Waals surface area contributed by atoms with E-state index >= 15 is 4.39 Å². The maximum atomic E-state index is 15.1. The molecule has 39 heavy (non-hydrogen) atoms. The van der Waals surface area contributed by atoms with Gasteiger partial charge in [-0.15, -0.1) is 10.2 Å². The molecule has 1 fully saturated rings. The number of hydrogen-bond acceptors (Lipinski definition) is 5. The van der Waals surface area contributed by atoms with E-state index in [1.807, 2.05) is 27.8 Å². The van der Waals surface area contributed by atoms with Crippen molar-refractivity contribution < 1.29 is 18.8 Å². The summed E-state index contributed by atoms with van der Waals surface area (Å²) < 4.78 is 18.8. The second-order valence-corrected chi connectivity index (χ2v) is 10.3. The molecular formula is C28H26FN7O3. The summed E-state index contributed by atoms with van der Waals surface area (Å²) in [5.41, 5.74) is 3.37. The van der Waals surface area contributed by atoms with E-state index in [0.717, 1.165) is 37.9 Å². The van der Waals surface area contributed by atoms with E-state index in [0.29, 0.717) is 46.6 Å². The van der Waals surface area contributed by atoms with Gasteiger partial charge in [-0.2, -0.15) is 0 Å². The molecular weight excluding hydrogens is 501 g/mol. The number of imide groups is 1. The smallest absolute Gasteiger partial charge is 0.320 e. The molecule has 10 nitrogen and oxygen atoms in total. The number of likely N-dealkylation sites (tertiary alicyclic amines) is 1. The van der Waals surface area contributed by atoms with Gasteiger partial charge in [0.2, 0.25) is 5.91 Å². The topological polar surface area (TPSA) is 105 Å². The normalized spacial score (nSPS) is 18.2. The Labute approximate surface area is 222 Å². The fourth-order valence-corrected chi connectivity index (χ4v) is 6.09. The molecule has 0 atom stereocenters. The number of urea groups is 1. The van der Waals surface area contributed by atoms with E-state index in [4.69, 9.17) is 0 Å². The fraction of sp³-hybridized carbons (Fsp3) is 0.321. The first-order valence-electron chi connectivity index (χ1n) is 13.2. The van der Waals surface area contributed by atoms with Crippen LogP contribution < -0.4 is 5.32 Å². The van der Waals surface area contributed by atoms with Crippen molar-refractivity contribution in [2.45, 2.75) is 38.8 Å². The number of rotatable bonds is 2. The average Bonchev–Trinajstić information content (AvgIpc) is 3.46. The van der Waals surface area contributed by atoms with Crippen LogP contribution in [0.25, 0.3) is 27.7 Å². The standard InChI is InChI=1S/C28H26FN7O3/c29-18-12-17-15-35(28(39)33-7-3-1-4-8-33)11-10-34-16-21(20(13-18)25(17)34)19-14-23(37)30-27(38)24(19)26-32-31-22-6-2-5-9-36(22)26/h2,5-6,9,12-13,16H,1,3-4,7-8,10-11,14-15H2,(H,30,37,38). The molecule has 198 valence electrons. The van der Waals surface area contributed by atoms with Crippen molar-refractivity contribution in [2.75, 3.05) is 19.6 Å². The molecule has 0 radical (unpaired) electrons. The first-order valence-corrected chi connectivity index (χ1v) is 13.2. The van der Waals surface area contributed by atoms with E-state index in [9.17, 15) is 14.4 Å². The van der Waals surface area contributed by atoms with Gasteiger partial charge in [-0.25, -0.2) is 9.18 Å². The Balaban J connectivity index is 1.37. The molecule has 3 aliphatic rings. The van der Waals surface area contributed by atoms with Gasteiger partial charge < -0.3 is 14.4 Å². The predicted octanol–water partition coefficient (Wildman–Crippen LogP) is 3.20. The highest BCUT2D eigenvalue weighted by Gasteiger charge is 2.33.